The maximum absolute atomic E-state index is 12.3. The predicted octanol–water partition coefficient (Wildman–Crippen LogP) is 4.11. The molecule has 0 aliphatic rings. The van der Waals surface area contributed by atoms with E-state index < -0.39 is 0 Å². The molecule has 0 unspecified atom stereocenters. The van der Waals surface area contributed by atoms with E-state index in [-0.39, 0.29) is 17.3 Å². The smallest absolute Gasteiger partial charge is 0.300 e. The third kappa shape index (κ3) is 3.94. The Hall–Kier alpha value is -2.25. The first-order valence-electron chi connectivity index (χ1n) is 8.54. The van der Waals surface area contributed by atoms with Crippen molar-refractivity contribution in [2.45, 2.75) is 40.2 Å². The van der Waals surface area contributed by atoms with Crippen molar-refractivity contribution < 1.29 is 4.79 Å². The van der Waals surface area contributed by atoms with Crippen LogP contribution in [0.2, 0.25) is 0 Å². The van der Waals surface area contributed by atoms with Crippen molar-refractivity contribution in [3.63, 3.8) is 0 Å². The van der Waals surface area contributed by atoms with Crippen LogP contribution < -0.4 is 10.2 Å². The van der Waals surface area contributed by atoms with Gasteiger partial charge in [0.15, 0.2) is 5.13 Å². The van der Waals surface area contributed by atoms with Gasteiger partial charge in [0.2, 0.25) is 5.91 Å². The number of aromatic nitrogens is 2. The maximum atomic E-state index is 12.3. The van der Waals surface area contributed by atoms with E-state index >= 15 is 0 Å². The second-order valence-corrected chi connectivity index (χ2v) is 7.69. The zero-order valence-corrected chi connectivity index (χ0v) is 16.7. The Morgan fingerprint density at radius 1 is 1.19 bits per heavy atom. The molecule has 0 spiro atoms. The number of rotatable bonds is 6. The fraction of sp³-hybridized carbons (Fsp3) is 0.316. The second kappa shape index (κ2) is 7.97. The van der Waals surface area contributed by atoms with Crippen molar-refractivity contribution in [3.8, 4) is 11.3 Å². The Morgan fingerprint density at radius 2 is 2.00 bits per heavy atom. The van der Waals surface area contributed by atoms with Crippen molar-refractivity contribution in [1.29, 1.82) is 0 Å². The molecule has 3 aromatic rings. The number of nitrogens with zero attached hydrogens (tertiary/aromatic N) is 2. The quantitative estimate of drug-likeness (QED) is 0.692. The topological polar surface area (TPSA) is 64.0 Å². The van der Waals surface area contributed by atoms with E-state index in [1.165, 1.54) is 27.0 Å². The fourth-order valence-corrected chi connectivity index (χ4v) is 4.20. The van der Waals surface area contributed by atoms with Crippen LogP contribution in [0.1, 0.15) is 30.7 Å². The van der Waals surface area contributed by atoms with Crippen LogP contribution in [-0.4, -0.2) is 15.5 Å². The number of carbonyl (C=O) groups excluding carboxylic acids is 1. The average Bonchev–Trinajstić information content (AvgIpc) is 3.23. The maximum Gasteiger partial charge on any atom is 0.307 e. The highest BCUT2D eigenvalue weighted by atomic mass is 32.1. The molecule has 0 bridgehead atoms. The summed E-state index contributed by atoms with van der Waals surface area (Å²) < 4.78 is 1.47. The largest absolute Gasteiger partial charge is 0.307 e. The van der Waals surface area contributed by atoms with E-state index in [2.05, 4.69) is 42.3 Å². The van der Waals surface area contributed by atoms with Gasteiger partial charge in [0, 0.05) is 22.0 Å². The highest BCUT2D eigenvalue weighted by Gasteiger charge is 2.13. The summed E-state index contributed by atoms with van der Waals surface area (Å²) in [5.41, 5.74) is 5.29. The minimum absolute atomic E-state index is 0.00854. The summed E-state index contributed by atoms with van der Waals surface area (Å²) >= 11 is 2.50. The van der Waals surface area contributed by atoms with Gasteiger partial charge in [-0.3, -0.25) is 14.2 Å². The Bertz CT molecular complexity index is 985. The molecular formula is C19H21N3O2S2. The molecule has 1 aromatic carbocycles. The number of anilines is 1. The second-order valence-electron chi connectivity index (χ2n) is 6.01. The van der Waals surface area contributed by atoms with Crippen molar-refractivity contribution in [2.24, 2.45) is 0 Å². The molecule has 0 radical (unpaired) electrons. The van der Waals surface area contributed by atoms with Crippen LogP contribution in [0.15, 0.2) is 33.8 Å². The summed E-state index contributed by atoms with van der Waals surface area (Å²) in [5.74, 6) is -0.243. The van der Waals surface area contributed by atoms with Crippen molar-refractivity contribution >= 4 is 33.7 Å². The van der Waals surface area contributed by atoms with Crippen LogP contribution in [0.4, 0.5) is 5.13 Å². The third-order valence-electron chi connectivity index (χ3n) is 4.27. The number of aryl methyl sites for hydroxylation is 3. The van der Waals surface area contributed by atoms with Gasteiger partial charge in [-0.1, -0.05) is 37.3 Å². The van der Waals surface area contributed by atoms with Crippen LogP contribution >= 0.6 is 22.7 Å². The molecule has 1 amide bonds. The van der Waals surface area contributed by atoms with E-state index in [0.717, 1.165) is 41.1 Å². The number of hydrogen-bond donors (Lipinski definition) is 1. The zero-order valence-electron chi connectivity index (χ0n) is 15.0. The lowest BCUT2D eigenvalue weighted by Crippen LogP contribution is -2.25. The summed E-state index contributed by atoms with van der Waals surface area (Å²) in [6.45, 7) is 6.08. The molecule has 0 aliphatic carbocycles. The van der Waals surface area contributed by atoms with Crippen molar-refractivity contribution in [2.75, 3.05) is 5.32 Å². The molecule has 26 heavy (non-hydrogen) atoms. The molecule has 7 heteroatoms. The summed E-state index contributed by atoms with van der Waals surface area (Å²) in [6, 6.07) is 6.48. The van der Waals surface area contributed by atoms with Gasteiger partial charge in [0.05, 0.1) is 5.69 Å². The van der Waals surface area contributed by atoms with Crippen LogP contribution in [0, 0.1) is 6.92 Å². The monoisotopic (exact) mass is 387 g/mol. The molecular weight excluding hydrogens is 366 g/mol. The van der Waals surface area contributed by atoms with E-state index in [9.17, 15) is 9.59 Å². The molecule has 136 valence electrons. The van der Waals surface area contributed by atoms with Gasteiger partial charge < -0.3 is 5.32 Å². The normalized spacial score (nSPS) is 10.9. The number of carbonyl (C=O) groups is 1. The summed E-state index contributed by atoms with van der Waals surface area (Å²) in [7, 11) is 0. The number of nitrogens with one attached hydrogen (secondary N) is 1. The molecule has 0 saturated heterocycles. The molecule has 5 nitrogen and oxygen atoms in total. The summed E-state index contributed by atoms with van der Waals surface area (Å²) in [6.07, 6.45) is 1.90. The lowest BCUT2D eigenvalue weighted by Gasteiger charge is -2.08. The van der Waals surface area contributed by atoms with Crippen LogP contribution in [0.3, 0.4) is 0 Å². The lowest BCUT2D eigenvalue weighted by molar-refractivity contribution is -0.116. The molecule has 0 atom stereocenters. The number of amides is 1. The first-order valence-corrected chi connectivity index (χ1v) is 10.3. The minimum atomic E-state index is -0.243. The van der Waals surface area contributed by atoms with Gasteiger partial charge >= 0.3 is 4.87 Å². The number of hydrogen-bond acceptors (Lipinski definition) is 5. The van der Waals surface area contributed by atoms with E-state index in [1.807, 2.05) is 12.3 Å². The van der Waals surface area contributed by atoms with Crippen LogP contribution in [-0.2, 0) is 24.2 Å². The molecule has 0 fully saturated rings. The summed E-state index contributed by atoms with van der Waals surface area (Å²) in [5, 5.41) is 7.07. The predicted molar refractivity (Wildman–Crippen MR) is 108 cm³/mol. The summed E-state index contributed by atoms with van der Waals surface area (Å²) in [4.78, 5) is 28.4. The third-order valence-corrected chi connectivity index (χ3v) is 5.91. The first-order chi connectivity index (χ1) is 12.5. The Labute approximate surface area is 160 Å². The molecule has 0 saturated carbocycles. The minimum Gasteiger partial charge on any atom is -0.300 e. The number of benzene rings is 1. The lowest BCUT2D eigenvalue weighted by atomic mass is 9.99. The Morgan fingerprint density at radius 3 is 2.65 bits per heavy atom. The highest BCUT2D eigenvalue weighted by molar-refractivity contribution is 7.14. The SMILES string of the molecule is CCc1ccc(CC)c(-c2csc(NC(=O)Cn3c(C)csc3=O)n2)c1. The molecule has 0 aliphatic heterocycles. The zero-order chi connectivity index (χ0) is 18.7. The Kier molecular flexibility index (Phi) is 5.68. The van der Waals surface area contributed by atoms with E-state index in [1.54, 1.807) is 5.38 Å². The highest BCUT2D eigenvalue weighted by Crippen LogP contribution is 2.29. The molecule has 2 heterocycles. The standard InChI is InChI=1S/C19H21N3O2S2/c1-4-13-6-7-14(5-2)15(8-13)16-11-25-18(20-16)21-17(23)9-22-12(3)10-26-19(22)24/h6-8,10-11H,4-5,9H2,1-3H3,(H,20,21,23). The van der Waals surface area contributed by atoms with Gasteiger partial charge in [0.1, 0.15) is 6.54 Å². The van der Waals surface area contributed by atoms with Gasteiger partial charge in [-0.2, -0.15) is 0 Å². The number of thiazole rings is 2. The molecule has 3 rings (SSSR count). The van der Waals surface area contributed by atoms with Crippen molar-refractivity contribution in [3.05, 3.63) is 55.4 Å². The molecule has 1 N–H and O–H groups in total. The van der Waals surface area contributed by atoms with Crippen molar-refractivity contribution in [1.82, 2.24) is 9.55 Å². The van der Waals surface area contributed by atoms with Gasteiger partial charge in [0.25, 0.3) is 0 Å². The van der Waals surface area contributed by atoms with Gasteiger partial charge in [-0.25, -0.2) is 4.98 Å². The molecule has 2 aromatic heterocycles. The first kappa shape index (κ1) is 18.5. The Balaban J connectivity index is 1.78. The van der Waals surface area contributed by atoms with Crippen LogP contribution in [0.25, 0.3) is 11.3 Å². The van der Waals surface area contributed by atoms with Gasteiger partial charge in [-0.05, 0) is 37.0 Å². The van der Waals surface area contributed by atoms with E-state index in [4.69, 9.17) is 0 Å². The van der Waals surface area contributed by atoms with Gasteiger partial charge in [-0.15, -0.1) is 11.3 Å². The fourth-order valence-electron chi connectivity index (χ4n) is 2.74. The average molecular weight is 388 g/mol. The van der Waals surface area contributed by atoms with E-state index in [0.29, 0.717) is 5.13 Å². The van der Waals surface area contributed by atoms with Crippen LogP contribution in [0.5, 0.6) is 0 Å².